The Kier molecular flexibility index (Phi) is 17.5. The molecular weight excluding hydrogens is 836 g/mol. The van der Waals surface area contributed by atoms with Crippen LogP contribution in [0.25, 0.3) is 0 Å². The van der Waals surface area contributed by atoms with Crippen LogP contribution in [0.15, 0.2) is 0 Å². The first-order chi connectivity index (χ1) is 28.7. The maximum atomic E-state index is 12.6. The summed E-state index contributed by atoms with van der Waals surface area (Å²) in [5, 5.41) is 152. The van der Waals surface area contributed by atoms with Crippen LogP contribution in [0.5, 0.6) is 0 Å². The molecule has 16 N–H and O–H groups in total. The van der Waals surface area contributed by atoms with Crippen molar-refractivity contribution < 1.29 is 124 Å². The maximum Gasteiger partial charge on any atom is 0.217 e. The van der Waals surface area contributed by atoms with E-state index in [-0.39, 0.29) is 0 Å². The van der Waals surface area contributed by atoms with Gasteiger partial charge in [0.2, 0.25) is 11.8 Å². The summed E-state index contributed by atoms with van der Waals surface area (Å²) >= 11 is 0. The van der Waals surface area contributed by atoms with Crippen molar-refractivity contribution in [2.45, 2.75) is 174 Å². The first-order valence-corrected chi connectivity index (χ1v) is 19.4. The number of rotatable bonds is 14. The van der Waals surface area contributed by atoms with Crippen LogP contribution >= 0.6 is 0 Å². The first kappa shape index (κ1) is 50.0. The molecule has 0 unspecified atom stereocenters. The van der Waals surface area contributed by atoms with E-state index in [1.54, 1.807) is 0 Å². The molecule has 5 saturated heterocycles. The molecule has 5 heterocycles. The van der Waals surface area contributed by atoms with Crippen molar-refractivity contribution in [2.75, 3.05) is 26.4 Å². The van der Waals surface area contributed by atoms with Crippen LogP contribution in [0.2, 0.25) is 0 Å². The van der Waals surface area contributed by atoms with Crippen LogP contribution in [0.1, 0.15) is 20.8 Å². The van der Waals surface area contributed by atoms with Gasteiger partial charge in [-0.15, -0.1) is 0 Å². The number of aliphatic hydroxyl groups is 14. The zero-order valence-electron chi connectivity index (χ0n) is 33.0. The quantitative estimate of drug-likeness (QED) is 0.0770. The van der Waals surface area contributed by atoms with E-state index in [2.05, 4.69) is 10.6 Å². The highest BCUT2D eigenvalue weighted by Gasteiger charge is 2.55. The minimum absolute atomic E-state index is 0.693. The van der Waals surface area contributed by atoms with Crippen molar-refractivity contribution in [1.82, 2.24) is 10.6 Å². The molecule has 0 aromatic heterocycles. The largest absolute Gasteiger partial charge is 0.394 e. The molecule has 27 nitrogen and oxygen atoms in total. The molecule has 0 bridgehead atoms. The van der Waals surface area contributed by atoms with Gasteiger partial charge in [0.25, 0.3) is 0 Å². The Bertz CT molecular complexity index is 1420. The molecule has 354 valence electrons. The number of carbonyl (C=O) groups excluding carboxylic acids is 2. The molecule has 2 amide bonds. The molecule has 5 fully saturated rings. The van der Waals surface area contributed by atoms with Gasteiger partial charge in [0, 0.05) is 13.8 Å². The van der Waals surface area contributed by atoms with Crippen LogP contribution in [-0.4, -0.2) is 263 Å². The third kappa shape index (κ3) is 11.1. The Morgan fingerprint density at radius 3 is 1.48 bits per heavy atom. The van der Waals surface area contributed by atoms with Crippen LogP contribution in [-0.2, 0) is 52.2 Å². The molecule has 0 aromatic rings. The summed E-state index contributed by atoms with van der Waals surface area (Å²) in [7, 11) is 0. The van der Waals surface area contributed by atoms with Crippen molar-refractivity contribution in [3.63, 3.8) is 0 Å². The summed E-state index contributed by atoms with van der Waals surface area (Å²) in [5.41, 5.74) is 0. The van der Waals surface area contributed by atoms with Crippen LogP contribution in [0.3, 0.4) is 0 Å². The van der Waals surface area contributed by atoms with Gasteiger partial charge in [-0.3, -0.25) is 9.59 Å². The van der Waals surface area contributed by atoms with Gasteiger partial charge in [-0.2, -0.15) is 0 Å². The van der Waals surface area contributed by atoms with E-state index >= 15 is 0 Å². The highest BCUT2D eigenvalue weighted by molar-refractivity contribution is 5.73. The van der Waals surface area contributed by atoms with E-state index in [9.17, 15) is 81.1 Å². The number of ether oxygens (including phenoxy) is 9. The fourth-order valence-corrected chi connectivity index (χ4v) is 7.57. The zero-order chi connectivity index (χ0) is 45.2. The van der Waals surface area contributed by atoms with Crippen molar-refractivity contribution in [2.24, 2.45) is 0 Å². The number of aliphatic hydroxyl groups excluding tert-OH is 14. The number of hydrogen-bond donors (Lipinski definition) is 16. The Hall–Kier alpha value is -1.98. The minimum atomic E-state index is -2.09. The van der Waals surface area contributed by atoms with Crippen molar-refractivity contribution >= 4 is 11.8 Å². The van der Waals surface area contributed by atoms with Gasteiger partial charge in [-0.1, -0.05) is 0 Å². The summed E-state index contributed by atoms with van der Waals surface area (Å²) in [5.74, 6) is -1.53. The predicted octanol–water partition coefficient (Wildman–Crippen LogP) is -10.6. The van der Waals surface area contributed by atoms with E-state index in [1.165, 1.54) is 6.92 Å². The third-order valence-electron chi connectivity index (χ3n) is 11.0. The van der Waals surface area contributed by atoms with Crippen LogP contribution in [0.4, 0.5) is 0 Å². The van der Waals surface area contributed by atoms with Gasteiger partial charge in [-0.25, -0.2) is 0 Å². The van der Waals surface area contributed by atoms with Crippen molar-refractivity contribution in [1.29, 1.82) is 0 Å². The first-order valence-electron chi connectivity index (χ1n) is 19.4. The normalized spacial score (nSPS) is 49.6. The van der Waals surface area contributed by atoms with Crippen LogP contribution in [0, 0.1) is 0 Å². The highest BCUT2D eigenvalue weighted by atomic mass is 16.8. The van der Waals surface area contributed by atoms with Crippen molar-refractivity contribution in [3.8, 4) is 0 Å². The van der Waals surface area contributed by atoms with Gasteiger partial charge in [0.1, 0.15) is 116 Å². The van der Waals surface area contributed by atoms with E-state index in [1.807, 2.05) is 0 Å². The number of hydrogen-bond acceptors (Lipinski definition) is 25. The predicted molar refractivity (Wildman–Crippen MR) is 188 cm³/mol. The molecule has 5 aliphatic rings. The zero-order valence-corrected chi connectivity index (χ0v) is 33.0. The minimum Gasteiger partial charge on any atom is -0.394 e. The Morgan fingerprint density at radius 1 is 0.459 bits per heavy atom. The molecule has 0 spiro atoms. The molecule has 25 atom stereocenters. The topological polar surface area (TPSA) is 424 Å². The highest BCUT2D eigenvalue weighted by Crippen LogP contribution is 2.34. The Labute approximate surface area is 346 Å². The van der Waals surface area contributed by atoms with E-state index < -0.39 is 192 Å². The fraction of sp³-hybridized carbons (Fsp3) is 0.941. The fourth-order valence-electron chi connectivity index (χ4n) is 7.57. The smallest absolute Gasteiger partial charge is 0.217 e. The average molecular weight is 895 g/mol. The molecule has 5 aliphatic heterocycles. The molecule has 61 heavy (non-hydrogen) atoms. The van der Waals surface area contributed by atoms with E-state index in [0.29, 0.717) is 0 Å². The second kappa shape index (κ2) is 21.3. The van der Waals surface area contributed by atoms with E-state index in [4.69, 9.17) is 42.6 Å². The lowest BCUT2D eigenvalue weighted by molar-refractivity contribution is -0.365. The molecule has 27 heteroatoms. The van der Waals surface area contributed by atoms with Gasteiger partial charge in [-0.05, 0) is 6.92 Å². The van der Waals surface area contributed by atoms with Gasteiger partial charge in [0.05, 0.1) is 32.5 Å². The second-order valence-corrected chi connectivity index (χ2v) is 15.5. The lowest BCUT2D eigenvalue weighted by Crippen LogP contribution is -2.70. The molecule has 0 aromatic carbocycles. The SMILES string of the molecule is CC(=O)N[C@@H]1[C@@H](O)[C@H](O[C@@H]2O[C@H](CO)[C@@H](O)[C@H](O[C@@H]3O[C@H](CO[C@H]4O[C@H](CO)[C@@H](O)[C@H](O)[C@@H]4O)[C@@H](O)[C@H](O)[C@@H]3O)[C@H]2NC(C)=O)[C@@H](CO[C@@H]2O[C@@H](C)[C@@H](O)[C@@H](O)[C@@H]2O)O[C@H]1O. The monoisotopic (exact) mass is 894 g/mol. The second-order valence-electron chi connectivity index (χ2n) is 15.5. The Morgan fingerprint density at radius 2 is 0.902 bits per heavy atom. The molecule has 5 rings (SSSR count). The summed E-state index contributed by atoms with van der Waals surface area (Å²) in [4.78, 5) is 24.7. The molecule has 0 saturated carbocycles. The molecule has 0 aliphatic carbocycles. The summed E-state index contributed by atoms with van der Waals surface area (Å²) < 4.78 is 51.0. The summed E-state index contributed by atoms with van der Waals surface area (Å²) in [6.45, 7) is 0.310. The Balaban J connectivity index is 1.38. The lowest BCUT2D eigenvalue weighted by atomic mass is 9.94. The summed E-state index contributed by atoms with van der Waals surface area (Å²) in [6, 6.07) is -3.26. The van der Waals surface area contributed by atoms with Gasteiger partial charge < -0.3 is 125 Å². The summed E-state index contributed by atoms with van der Waals surface area (Å²) in [6.07, 6.45) is -40.1. The number of carbonyl (C=O) groups is 2. The van der Waals surface area contributed by atoms with Crippen molar-refractivity contribution in [3.05, 3.63) is 0 Å². The van der Waals surface area contributed by atoms with Crippen LogP contribution < -0.4 is 10.6 Å². The lowest BCUT2D eigenvalue weighted by Gasteiger charge is -2.50. The number of amides is 2. The van der Waals surface area contributed by atoms with E-state index in [0.717, 1.165) is 13.8 Å². The molecule has 0 radical (unpaired) electrons. The average Bonchev–Trinajstić information content (AvgIpc) is 3.21. The van der Waals surface area contributed by atoms with Gasteiger partial charge >= 0.3 is 0 Å². The molecular formula is C34H58N2O25. The standard InChI is InChI=1S/C34H58N2O25/c1-8-17(41)22(46)25(49)32(55-8)54-7-14-28(21(45)15(30(52)56-14)35-9(2)39)60-31-16(36-10(3)40)29(20(44)12(5-38)57-31)61-34-27(51)24(48)19(43)13(59-34)6-53-33-26(50)23(47)18(42)11(4-37)58-33/h8,11-34,37-38,41-52H,4-7H2,1-3H3,(H,35,39)(H,36,40)/t8-,11+,12+,13+,14+,15+,16+,17+,18+,19+,20+,21+,22+,23-,24-,25-,26-,27-,28+,29+,30+,31-,32+,33-,34-/m0/s1. The van der Waals surface area contributed by atoms with Gasteiger partial charge in [0.15, 0.2) is 31.5 Å². The maximum absolute atomic E-state index is 12.6. The number of nitrogens with one attached hydrogen (secondary N) is 2. The third-order valence-corrected chi connectivity index (χ3v) is 11.0.